The van der Waals surface area contributed by atoms with E-state index in [4.69, 9.17) is 10.2 Å². The van der Waals surface area contributed by atoms with E-state index in [0.717, 1.165) is 29.7 Å². The Hall–Kier alpha value is -1.34. The molecule has 0 spiro atoms. The summed E-state index contributed by atoms with van der Waals surface area (Å²) < 4.78 is 7.86. The number of rotatable bonds is 6. The molecule has 0 atom stereocenters. The molecule has 116 valence electrons. The number of thioether (sulfide) groups is 1. The zero-order valence-electron chi connectivity index (χ0n) is 13.1. The van der Waals surface area contributed by atoms with Crippen LogP contribution >= 0.6 is 11.8 Å². The second-order valence-electron chi connectivity index (χ2n) is 5.91. The maximum Gasteiger partial charge on any atom is 0.204 e. The van der Waals surface area contributed by atoms with Gasteiger partial charge >= 0.3 is 0 Å². The van der Waals surface area contributed by atoms with E-state index in [2.05, 4.69) is 47.4 Å². The normalized spacial score (nSPS) is 12.0. The van der Waals surface area contributed by atoms with Crippen molar-refractivity contribution in [2.45, 2.75) is 63.5 Å². The van der Waals surface area contributed by atoms with Gasteiger partial charge in [-0.25, -0.2) is 4.98 Å². The molecule has 0 aliphatic carbocycles. The Morgan fingerprint density at radius 1 is 1.33 bits per heavy atom. The Morgan fingerprint density at radius 3 is 2.67 bits per heavy atom. The summed E-state index contributed by atoms with van der Waals surface area (Å²) in [6, 6.07) is 0. The lowest BCUT2D eigenvalue weighted by atomic mass is 9.94. The summed E-state index contributed by atoms with van der Waals surface area (Å²) in [6.45, 7) is 9.72. The van der Waals surface area contributed by atoms with Crippen LogP contribution in [-0.4, -0.2) is 19.7 Å². The van der Waals surface area contributed by atoms with Gasteiger partial charge in [-0.3, -0.25) is 0 Å². The molecule has 0 aliphatic heterocycles. The SMILES string of the molecule is CCCn1c(CN)nnc1SCc1ncc(C(C)(C)C)o1. The minimum atomic E-state index is -0.0229. The highest BCUT2D eigenvalue weighted by atomic mass is 32.2. The van der Waals surface area contributed by atoms with Gasteiger partial charge in [-0.15, -0.1) is 10.2 Å². The lowest BCUT2D eigenvalue weighted by molar-refractivity contribution is 0.390. The van der Waals surface area contributed by atoms with Crippen LogP contribution in [0.2, 0.25) is 0 Å². The highest BCUT2D eigenvalue weighted by molar-refractivity contribution is 7.98. The number of hydrogen-bond donors (Lipinski definition) is 1. The van der Waals surface area contributed by atoms with Gasteiger partial charge in [0.25, 0.3) is 0 Å². The van der Waals surface area contributed by atoms with Crippen molar-refractivity contribution in [3.05, 3.63) is 23.7 Å². The molecule has 0 fully saturated rings. The number of oxazole rings is 1. The van der Waals surface area contributed by atoms with Crippen LogP contribution in [0.1, 0.15) is 51.6 Å². The lowest BCUT2D eigenvalue weighted by Crippen LogP contribution is -2.09. The molecule has 2 N–H and O–H groups in total. The van der Waals surface area contributed by atoms with Crippen LogP contribution in [0.15, 0.2) is 15.8 Å². The van der Waals surface area contributed by atoms with Crippen molar-refractivity contribution in [3.63, 3.8) is 0 Å². The minimum Gasteiger partial charge on any atom is -0.444 e. The molecule has 0 unspecified atom stereocenters. The fraction of sp³-hybridized carbons (Fsp3) is 0.643. The Labute approximate surface area is 129 Å². The lowest BCUT2D eigenvalue weighted by Gasteiger charge is -2.13. The first kappa shape index (κ1) is 16.0. The van der Waals surface area contributed by atoms with E-state index in [1.54, 1.807) is 18.0 Å². The molecule has 2 rings (SSSR count). The first-order valence-corrected chi connectivity index (χ1v) is 8.14. The summed E-state index contributed by atoms with van der Waals surface area (Å²) in [6.07, 6.45) is 2.82. The number of aromatic nitrogens is 4. The fourth-order valence-corrected chi connectivity index (χ4v) is 2.71. The Kier molecular flexibility index (Phi) is 5.05. The monoisotopic (exact) mass is 309 g/mol. The van der Waals surface area contributed by atoms with Gasteiger partial charge in [0.1, 0.15) is 11.6 Å². The third-order valence-corrected chi connectivity index (χ3v) is 3.99. The third-order valence-electron chi connectivity index (χ3n) is 3.04. The summed E-state index contributed by atoms with van der Waals surface area (Å²) >= 11 is 1.58. The maximum atomic E-state index is 5.79. The van der Waals surface area contributed by atoms with Crippen molar-refractivity contribution in [2.75, 3.05) is 0 Å². The second-order valence-corrected chi connectivity index (χ2v) is 6.85. The van der Waals surface area contributed by atoms with E-state index in [1.807, 2.05) is 0 Å². The van der Waals surface area contributed by atoms with Gasteiger partial charge in [0, 0.05) is 12.0 Å². The molecule has 0 bridgehead atoms. The summed E-state index contributed by atoms with van der Waals surface area (Å²) in [5.74, 6) is 3.07. The molecule has 0 radical (unpaired) electrons. The van der Waals surface area contributed by atoms with Crippen LogP contribution in [0.4, 0.5) is 0 Å². The fourth-order valence-electron chi connectivity index (χ4n) is 1.87. The zero-order valence-corrected chi connectivity index (χ0v) is 13.9. The van der Waals surface area contributed by atoms with Gasteiger partial charge in [-0.2, -0.15) is 0 Å². The molecule has 0 aliphatic rings. The number of nitrogens with zero attached hydrogens (tertiary/aromatic N) is 4. The topological polar surface area (TPSA) is 82.8 Å². The van der Waals surface area contributed by atoms with Crippen LogP contribution in [-0.2, 0) is 24.3 Å². The van der Waals surface area contributed by atoms with E-state index in [-0.39, 0.29) is 5.41 Å². The first-order chi connectivity index (χ1) is 9.95. The van der Waals surface area contributed by atoms with E-state index >= 15 is 0 Å². The van der Waals surface area contributed by atoms with Crippen LogP contribution in [0.25, 0.3) is 0 Å². The van der Waals surface area contributed by atoms with E-state index in [1.165, 1.54) is 0 Å². The average molecular weight is 309 g/mol. The molecule has 6 nitrogen and oxygen atoms in total. The zero-order chi connectivity index (χ0) is 15.5. The van der Waals surface area contributed by atoms with Crippen molar-refractivity contribution in [3.8, 4) is 0 Å². The second kappa shape index (κ2) is 6.62. The number of hydrogen-bond acceptors (Lipinski definition) is 6. The summed E-state index contributed by atoms with van der Waals surface area (Å²) in [4.78, 5) is 4.33. The smallest absolute Gasteiger partial charge is 0.204 e. The average Bonchev–Trinajstić information content (AvgIpc) is 3.03. The van der Waals surface area contributed by atoms with Gasteiger partial charge in [0.05, 0.1) is 18.5 Å². The van der Waals surface area contributed by atoms with Gasteiger partial charge in [0.15, 0.2) is 5.16 Å². The predicted molar refractivity (Wildman–Crippen MR) is 83.0 cm³/mol. The quantitative estimate of drug-likeness (QED) is 0.826. The van der Waals surface area contributed by atoms with Gasteiger partial charge < -0.3 is 14.7 Å². The summed E-state index contributed by atoms with van der Waals surface area (Å²) in [7, 11) is 0. The largest absolute Gasteiger partial charge is 0.444 e. The van der Waals surface area contributed by atoms with E-state index in [0.29, 0.717) is 18.2 Å². The molecular weight excluding hydrogens is 286 g/mol. The van der Waals surface area contributed by atoms with Crippen molar-refractivity contribution in [1.29, 1.82) is 0 Å². The van der Waals surface area contributed by atoms with Crippen LogP contribution in [0, 0.1) is 0 Å². The Bertz CT molecular complexity index is 584. The molecule has 0 aromatic carbocycles. The predicted octanol–water partition coefficient (Wildman–Crippen LogP) is 2.72. The van der Waals surface area contributed by atoms with Crippen LogP contribution in [0.3, 0.4) is 0 Å². The van der Waals surface area contributed by atoms with E-state index < -0.39 is 0 Å². The van der Waals surface area contributed by atoms with Crippen LogP contribution < -0.4 is 5.73 Å². The number of nitrogens with two attached hydrogens (primary N) is 1. The highest BCUT2D eigenvalue weighted by Crippen LogP contribution is 2.26. The Balaban J connectivity index is 2.06. The summed E-state index contributed by atoms with van der Waals surface area (Å²) in [5, 5.41) is 9.20. The molecule has 0 saturated heterocycles. The molecule has 2 aromatic rings. The van der Waals surface area contributed by atoms with Crippen molar-refractivity contribution >= 4 is 11.8 Å². The molecular formula is C14H23N5OS. The Morgan fingerprint density at radius 2 is 2.10 bits per heavy atom. The highest BCUT2D eigenvalue weighted by Gasteiger charge is 2.19. The molecule has 21 heavy (non-hydrogen) atoms. The van der Waals surface area contributed by atoms with Crippen molar-refractivity contribution in [2.24, 2.45) is 5.73 Å². The van der Waals surface area contributed by atoms with Crippen LogP contribution in [0.5, 0.6) is 0 Å². The molecule has 0 amide bonds. The van der Waals surface area contributed by atoms with Gasteiger partial charge in [-0.1, -0.05) is 39.5 Å². The maximum absolute atomic E-state index is 5.79. The van der Waals surface area contributed by atoms with Gasteiger partial charge in [0.2, 0.25) is 5.89 Å². The minimum absolute atomic E-state index is 0.0229. The third kappa shape index (κ3) is 3.85. The molecule has 7 heteroatoms. The summed E-state index contributed by atoms with van der Waals surface area (Å²) in [5.41, 5.74) is 5.67. The van der Waals surface area contributed by atoms with Crippen molar-refractivity contribution < 1.29 is 4.42 Å². The van der Waals surface area contributed by atoms with Gasteiger partial charge in [-0.05, 0) is 6.42 Å². The first-order valence-electron chi connectivity index (χ1n) is 7.15. The molecule has 0 saturated carbocycles. The molecule has 2 heterocycles. The van der Waals surface area contributed by atoms with Crippen molar-refractivity contribution in [1.82, 2.24) is 19.7 Å². The standard InChI is InChI=1S/C14H23N5OS/c1-5-6-19-11(7-15)17-18-13(19)21-9-12-16-8-10(20-12)14(2,3)4/h8H,5-7,9,15H2,1-4H3. The molecule has 2 aromatic heterocycles. The van der Waals surface area contributed by atoms with E-state index in [9.17, 15) is 0 Å².